The van der Waals surface area contributed by atoms with E-state index in [-0.39, 0.29) is 24.4 Å². The summed E-state index contributed by atoms with van der Waals surface area (Å²) in [4.78, 5) is 34.5. The second-order valence-electron chi connectivity index (χ2n) is 6.26. The van der Waals surface area contributed by atoms with Gasteiger partial charge in [0.15, 0.2) is 0 Å². The fourth-order valence-electron chi connectivity index (χ4n) is 2.73. The number of nitrogens with one attached hydrogen (secondary N) is 2. The van der Waals surface area contributed by atoms with Crippen molar-refractivity contribution in [3.8, 4) is 0 Å². The van der Waals surface area contributed by atoms with Crippen LogP contribution in [-0.4, -0.2) is 46.3 Å². The first-order chi connectivity index (χ1) is 12.0. The number of anilines is 2. The van der Waals surface area contributed by atoms with Crippen molar-refractivity contribution in [2.45, 2.75) is 26.3 Å². The van der Waals surface area contributed by atoms with Gasteiger partial charge in [0, 0.05) is 37.6 Å². The molecular formula is C18H21N5O2. The fourth-order valence-corrected chi connectivity index (χ4v) is 2.73. The molecule has 2 N–H and O–H groups in total. The topological polar surface area (TPSA) is 87.2 Å². The molecule has 2 aromatic heterocycles. The van der Waals surface area contributed by atoms with E-state index in [1.807, 2.05) is 26.0 Å². The molecule has 1 aliphatic heterocycles. The summed E-state index contributed by atoms with van der Waals surface area (Å²) in [6.07, 6.45) is 3.96. The van der Waals surface area contributed by atoms with Crippen molar-refractivity contribution in [1.29, 1.82) is 0 Å². The van der Waals surface area contributed by atoms with Crippen LogP contribution >= 0.6 is 0 Å². The van der Waals surface area contributed by atoms with E-state index in [0.717, 1.165) is 11.3 Å². The molecule has 0 saturated carbocycles. The van der Waals surface area contributed by atoms with Gasteiger partial charge in [-0.1, -0.05) is 6.07 Å². The van der Waals surface area contributed by atoms with Crippen molar-refractivity contribution in [1.82, 2.24) is 14.9 Å². The molecule has 0 aliphatic carbocycles. The van der Waals surface area contributed by atoms with Crippen LogP contribution in [0.1, 0.15) is 28.5 Å². The average molecular weight is 339 g/mol. The largest absolute Gasteiger partial charge is 0.359 e. The maximum Gasteiger partial charge on any atom is 0.255 e. The van der Waals surface area contributed by atoms with Crippen LogP contribution in [0.5, 0.6) is 0 Å². The normalized spacial score (nSPS) is 14.1. The molecule has 2 amide bonds. The Hall–Kier alpha value is -2.96. The molecule has 0 saturated heterocycles. The monoisotopic (exact) mass is 339 g/mol. The summed E-state index contributed by atoms with van der Waals surface area (Å²) in [7, 11) is 1.77. The Kier molecular flexibility index (Phi) is 4.65. The zero-order valence-electron chi connectivity index (χ0n) is 14.5. The van der Waals surface area contributed by atoms with Gasteiger partial charge >= 0.3 is 0 Å². The maximum atomic E-state index is 12.8. The van der Waals surface area contributed by atoms with Crippen LogP contribution < -0.4 is 10.6 Å². The molecule has 0 bridgehead atoms. The highest BCUT2D eigenvalue weighted by atomic mass is 16.2. The number of fused-ring (bicyclic) bond motifs is 1. The van der Waals surface area contributed by atoms with E-state index in [0.29, 0.717) is 23.5 Å². The van der Waals surface area contributed by atoms with Crippen molar-refractivity contribution >= 4 is 23.3 Å². The lowest BCUT2D eigenvalue weighted by Crippen LogP contribution is -2.37. The third-order valence-corrected chi connectivity index (χ3v) is 4.41. The summed E-state index contributed by atoms with van der Waals surface area (Å²) >= 11 is 0. The van der Waals surface area contributed by atoms with E-state index >= 15 is 0 Å². The van der Waals surface area contributed by atoms with Crippen molar-refractivity contribution < 1.29 is 9.59 Å². The minimum atomic E-state index is -0.147. The summed E-state index contributed by atoms with van der Waals surface area (Å²) < 4.78 is 0. The van der Waals surface area contributed by atoms with Crippen LogP contribution in [0.4, 0.5) is 11.5 Å². The van der Waals surface area contributed by atoms with E-state index in [1.165, 1.54) is 6.20 Å². The molecule has 1 atom stereocenters. The molecule has 25 heavy (non-hydrogen) atoms. The molecule has 1 aliphatic rings. The number of amides is 2. The number of carbonyl (C=O) groups is 2. The fraction of sp³-hybridized carbons (Fsp3) is 0.333. The van der Waals surface area contributed by atoms with Gasteiger partial charge < -0.3 is 15.5 Å². The summed E-state index contributed by atoms with van der Waals surface area (Å²) in [6.45, 7) is 4.19. The van der Waals surface area contributed by atoms with E-state index in [2.05, 4.69) is 20.6 Å². The average Bonchev–Trinajstić information content (AvgIpc) is 2.61. The number of nitrogens with zero attached hydrogens (tertiary/aromatic N) is 3. The van der Waals surface area contributed by atoms with Gasteiger partial charge in [-0.15, -0.1) is 0 Å². The molecule has 7 heteroatoms. The van der Waals surface area contributed by atoms with Gasteiger partial charge in [-0.3, -0.25) is 14.6 Å². The molecule has 3 rings (SSSR count). The zero-order chi connectivity index (χ0) is 18.0. The third-order valence-electron chi connectivity index (χ3n) is 4.41. The van der Waals surface area contributed by atoms with Crippen LogP contribution in [0, 0.1) is 6.92 Å². The predicted molar refractivity (Wildman–Crippen MR) is 95.6 cm³/mol. The lowest BCUT2D eigenvalue weighted by atomic mass is 10.1. The van der Waals surface area contributed by atoms with Gasteiger partial charge in [0.25, 0.3) is 5.91 Å². The number of carbonyl (C=O) groups excluding carboxylic acids is 2. The van der Waals surface area contributed by atoms with Crippen molar-refractivity contribution in [2.75, 3.05) is 24.2 Å². The molecule has 0 spiro atoms. The molecule has 3 heterocycles. The minimum absolute atomic E-state index is 0.0233. The molecular weight excluding hydrogens is 318 g/mol. The van der Waals surface area contributed by atoms with Gasteiger partial charge in [-0.2, -0.15) is 0 Å². The van der Waals surface area contributed by atoms with Crippen molar-refractivity contribution in [2.24, 2.45) is 0 Å². The highest BCUT2D eigenvalue weighted by molar-refractivity contribution is 6.02. The Morgan fingerprint density at radius 3 is 2.96 bits per heavy atom. The molecule has 0 radical (unpaired) electrons. The number of hydrogen-bond acceptors (Lipinski definition) is 5. The van der Waals surface area contributed by atoms with E-state index < -0.39 is 0 Å². The highest BCUT2D eigenvalue weighted by Gasteiger charge is 2.22. The number of pyridine rings is 2. The molecule has 0 fully saturated rings. The molecule has 1 unspecified atom stereocenters. The first-order valence-corrected chi connectivity index (χ1v) is 8.17. The summed E-state index contributed by atoms with van der Waals surface area (Å²) in [5.74, 6) is 0.290. The number of rotatable bonds is 4. The van der Waals surface area contributed by atoms with Gasteiger partial charge in [-0.05, 0) is 31.5 Å². The lowest BCUT2D eigenvalue weighted by molar-refractivity contribution is -0.114. The Labute approximate surface area is 146 Å². The predicted octanol–water partition coefficient (Wildman–Crippen LogP) is 1.85. The highest BCUT2D eigenvalue weighted by Crippen LogP contribution is 2.24. The quantitative estimate of drug-likeness (QED) is 0.888. The molecule has 0 aromatic carbocycles. The lowest BCUT2D eigenvalue weighted by Gasteiger charge is -2.26. The summed E-state index contributed by atoms with van der Waals surface area (Å²) in [6, 6.07) is 5.55. The van der Waals surface area contributed by atoms with E-state index in [4.69, 9.17) is 0 Å². The summed E-state index contributed by atoms with van der Waals surface area (Å²) in [5.41, 5.74) is 3.06. The van der Waals surface area contributed by atoms with Crippen LogP contribution in [0.25, 0.3) is 0 Å². The SMILES string of the molecule is Cc1cccnc1CC(C)N(C)C(=O)c1cnc2c(c1)NC(=O)CN2. The Morgan fingerprint density at radius 2 is 2.20 bits per heavy atom. The van der Waals surface area contributed by atoms with Gasteiger partial charge in [0.2, 0.25) is 5.91 Å². The number of aryl methyl sites for hydroxylation is 1. The van der Waals surface area contributed by atoms with Gasteiger partial charge in [0.1, 0.15) is 5.82 Å². The first-order valence-electron chi connectivity index (χ1n) is 8.17. The molecule has 2 aromatic rings. The van der Waals surface area contributed by atoms with Crippen LogP contribution in [0.2, 0.25) is 0 Å². The van der Waals surface area contributed by atoms with Crippen LogP contribution in [0.3, 0.4) is 0 Å². The second-order valence-corrected chi connectivity index (χ2v) is 6.26. The van der Waals surface area contributed by atoms with Crippen LogP contribution in [-0.2, 0) is 11.2 Å². The van der Waals surface area contributed by atoms with E-state index in [9.17, 15) is 9.59 Å². The molecule has 7 nitrogen and oxygen atoms in total. The smallest absolute Gasteiger partial charge is 0.255 e. The standard InChI is InChI=1S/C18H21N5O2/c1-11-5-4-6-19-14(11)7-12(2)23(3)18(25)13-8-15-17(20-9-13)21-10-16(24)22-15/h4-6,8-9,12H,7,10H2,1-3H3,(H,20,21)(H,22,24). The Bertz CT molecular complexity index is 821. The summed E-state index contributed by atoms with van der Waals surface area (Å²) in [5, 5.41) is 5.64. The minimum Gasteiger partial charge on any atom is -0.359 e. The zero-order valence-corrected chi connectivity index (χ0v) is 14.5. The second kappa shape index (κ2) is 6.88. The third kappa shape index (κ3) is 3.60. The van der Waals surface area contributed by atoms with Crippen molar-refractivity contribution in [3.05, 3.63) is 47.4 Å². The van der Waals surface area contributed by atoms with Crippen LogP contribution in [0.15, 0.2) is 30.6 Å². The molecule has 130 valence electrons. The number of aromatic nitrogens is 2. The van der Waals surface area contributed by atoms with Crippen molar-refractivity contribution in [3.63, 3.8) is 0 Å². The number of likely N-dealkylation sites (N-methyl/N-ethyl adjacent to an activating group) is 1. The maximum absolute atomic E-state index is 12.8. The number of hydrogen-bond donors (Lipinski definition) is 2. The van der Waals surface area contributed by atoms with E-state index in [1.54, 1.807) is 24.2 Å². The Balaban J connectivity index is 1.75. The first kappa shape index (κ1) is 16.9. The Morgan fingerprint density at radius 1 is 1.40 bits per heavy atom. The van der Waals surface area contributed by atoms with Gasteiger partial charge in [0.05, 0.1) is 17.8 Å². The van der Waals surface area contributed by atoms with Gasteiger partial charge in [-0.25, -0.2) is 4.98 Å².